The zero-order valence-electron chi connectivity index (χ0n) is 15.1. The molecule has 0 aliphatic rings. The number of carbonyl (C=O) groups is 1. The molecule has 0 aromatic heterocycles. The molecule has 0 radical (unpaired) electrons. The van der Waals surface area contributed by atoms with E-state index in [9.17, 15) is 18.8 Å². The lowest BCUT2D eigenvalue weighted by Gasteiger charge is -2.12. The lowest BCUT2D eigenvalue weighted by molar-refractivity contribution is -0.112. The summed E-state index contributed by atoms with van der Waals surface area (Å²) in [6, 6.07) is 11.0. The van der Waals surface area contributed by atoms with E-state index >= 15 is 0 Å². The van der Waals surface area contributed by atoms with Gasteiger partial charge in [0.2, 0.25) is 0 Å². The first-order chi connectivity index (χ1) is 13.3. The van der Waals surface area contributed by atoms with Crippen LogP contribution in [0.3, 0.4) is 0 Å². The van der Waals surface area contributed by atoms with Crippen molar-refractivity contribution in [3.8, 4) is 17.6 Å². The van der Waals surface area contributed by atoms with E-state index in [0.29, 0.717) is 21.8 Å². The van der Waals surface area contributed by atoms with E-state index < -0.39 is 12.5 Å². The summed E-state index contributed by atoms with van der Waals surface area (Å²) in [5, 5.41) is 12.5. The summed E-state index contributed by atoms with van der Waals surface area (Å²) in [4.78, 5) is 12.4. The second kappa shape index (κ2) is 9.72. The molecule has 0 atom stereocenters. The van der Waals surface area contributed by atoms with Gasteiger partial charge in [0.15, 0.2) is 11.5 Å². The van der Waals surface area contributed by atoms with Crippen LogP contribution in [0.25, 0.3) is 6.08 Å². The molecule has 0 spiro atoms. The van der Waals surface area contributed by atoms with Crippen LogP contribution in [-0.2, 0) is 4.79 Å². The highest BCUT2D eigenvalue weighted by molar-refractivity contribution is 6.31. The van der Waals surface area contributed by atoms with Crippen molar-refractivity contribution in [1.29, 1.82) is 5.26 Å². The maximum atomic E-state index is 12.5. The van der Waals surface area contributed by atoms with Gasteiger partial charge in [0.05, 0.1) is 6.61 Å². The second-order valence-corrected chi connectivity index (χ2v) is 5.96. The van der Waals surface area contributed by atoms with Crippen LogP contribution in [0, 0.1) is 18.3 Å². The van der Waals surface area contributed by atoms with Gasteiger partial charge >= 0.3 is 6.61 Å². The zero-order chi connectivity index (χ0) is 20.7. The summed E-state index contributed by atoms with van der Waals surface area (Å²) in [6.07, 6.45) is 1.32. The number of carbonyl (C=O) groups excluding carboxylic acids is 1. The number of benzene rings is 2. The summed E-state index contributed by atoms with van der Waals surface area (Å²) in [5.41, 5.74) is 1.39. The molecule has 0 fully saturated rings. The number of ether oxygens (including phenoxy) is 2. The largest absolute Gasteiger partial charge is 0.490 e. The van der Waals surface area contributed by atoms with Gasteiger partial charge in [-0.25, -0.2) is 0 Å². The highest BCUT2D eigenvalue weighted by atomic mass is 35.5. The monoisotopic (exact) mass is 406 g/mol. The van der Waals surface area contributed by atoms with Gasteiger partial charge in [0.1, 0.15) is 11.6 Å². The summed E-state index contributed by atoms with van der Waals surface area (Å²) >= 11 is 6.03. The Labute approximate surface area is 166 Å². The molecule has 1 amide bonds. The number of anilines is 1. The molecular formula is C20H17ClF2N2O3. The van der Waals surface area contributed by atoms with E-state index in [-0.39, 0.29) is 23.7 Å². The van der Waals surface area contributed by atoms with Crippen molar-refractivity contribution in [2.45, 2.75) is 20.5 Å². The van der Waals surface area contributed by atoms with Crippen molar-refractivity contribution in [3.63, 3.8) is 0 Å². The molecular weight excluding hydrogens is 390 g/mol. The fraction of sp³-hybridized carbons (Fsp3) is 0.200. The van der Waals surface area contributed by atoms with Crippen molar-refractivity contribution in [2.75, 3.05) is 11.9 Å². The molecule has 0 unspecified atom stereocenters. The highest BCUT2D eigenvalue weighted by Crippen LogP contribution is 2.31. The molecule has 2 aromatic carbocycles. The van der Waals surface area contributed by atoms with Crippen LogP contribution in [-0.4, -0.2) is 19.1 Å². The minimum Gasteiger partial charge on any atom is -0.490 e. The Morgan fingerprint density at radius 2 is 2.07 bits per heavy atom. The van der Waals surface area contributed by atoms with E-state index in [1.807, 2.05) is 6.07 Å². The topological polar surface area (TPSA) is 71.3 Å². The molecule has 0 heterocycles. The van der Waals surface area contributed by atoms with Gasteiger partial charge < -0.3 is 14.8 Å². The molecule has 0 saturated carbocycles. The second-order valence-electron chi connectivity index (χ2n) is 5.55. The lowest BCUT2D eigenvalue weighted by Crippen LogP contribution is -2.14. The van der Waals surface area contributed by atoms with Crippen molar-refractivity contribution in [3.05, 3.63) is 58.1 Å². The van der Waals surface area contributed by atoms with Crippen LogP contribution in [0.5, 0.6) is 11.5 Å². The molecule has 146 valence electrons. The SMILES string of the molecule is CCOc1cc(/C=C(\C#N)C(=O)Nc2cccc(Cl)c2C)ccc1OC(F)F. The molecule has 0 bridgehead atoms. The lowest BCUT2D eigenvalue weighted by atomic mass is 10.1. The van der Waals surface area contributed by atoms with E-state index in [2.05, 4.69) is 10.1 Å². The summed E-state index contributed by atoms with van der Waals surface area (Å²) in [6.45, 7) is 0.661. The number of halogens is 3. The molecule has 28 heavy (non-hydrogen) atoms. The smallest absolute Gasteiger partial charge is 0.387 e. The third-order valence-electron chi connectivity index (χ3n) is 3.68. The summed E-state index contributed by atoms with van der Waals surface area (Å²) < 4.78 is 34.7. The van der Waals surface area contributed by atoms with Gasteiger partial charge in [-0.15, -0.1) is 0 Å². The Hall–Kier alpha value is -3.11. The number of nitrogens with one attached hydrogen (secondary N) is 1. The number of amides is 1. The Bertz CT molecular complexity index is 940. The first-order valence-corrected chi connectivity index (χ1v) is 8.63. The van der Waals surface area contributed by atoms with Gasteiger partial charge in [-0.2, -0.15) is 14.0 Å². The van der Waals surface area contributed by atoms with Crippen molar-refractivity contribution in [1.82, 2.24) is 0 Å². The van der Waals surface area contributed by atoms with Crippen LogP contribution in [0.4, 0.5) is 14.5 Å². The molecule has 5 nitrogen and oxygen atoms in total. The number of hydrogen-bond acceptors (Lipinski definition) is 4. The predicted molar refractivity (Wildman–Crippen MR) is 103 cm³/mol. The number of alkyl halides is 2. The van der Waals surface area contributed by atoms with Crippen LogP contribution in [0.2, 0.25) is 5.02 Å². The van der Waals surface area contributed by atoms with Gasteiger partial charge in [0, 0.05) is 10.7 Å². The number of hydrogen-bond donors (Lipinski definition) is 1. The standard InChI is InChI=1S/C20H17ClF2N2O3/c1-3-27-18-10-13(7-8-17(18)28-20(22)23)9-14(11-24)19(26)25-16-6-4-5-15(21)12(16)2/h4-10,20H,3H2,1-2H3,(H,25,26)/b14-9+. The third kappa shape index (κ3) is 5.44. The number of nitrogens with zero attached hydrogens (tertiary/aromatic N) is 1. The third-order valence-corrected chi connectivity index (χ3v) is 4.09. The normalized spacial score (nSPS) is 11.1. The first kappa shape index (κ1) is 21.2. The van der Waals surface area contributed by atoms with Crippen LogP contribution in [0.15, 0.2) is 42.0 Å². The highest BCUT2D eigenvalue weighted by Gasteiger charge is 2.14. The average molecular weight is 407 g/mol. The minimum atomic E-state index is -3.00. The van der Waals surface area contributed by atoms with Gasteiger partial charge in [-0.3, -0.25) is 4.79 Å². The van der Waals surface area contributed by atoms with E-state index in [1.165, 1.54) is 24.3 Å². The maximum absolute atomic E-state index is 12.5. The van der Waals surface area contributed by atoms with Crippen molar-refractivity contribution in [2.24, 2.45) is 0 Å². The zero-order valence-corrected chi connectivity index (χ0v) is 15.9. The first-order valence-electron chi connectivity index (χ1n) is 8.25. The molecule has 2 aromatic rings. The molecule has 0 aliphatic carbocycles. The Balaban J connectivity index is 2.30. The Morgan fingerprint density at radius 3 is 2.71 bits per heavy atom. The van der Waals surface area contributed by atoms with E-state index in [0.717, 1.165) is 0 Å². The Kier molecular flexibility index (Phi) is 7.36. The number of nitriles is 1. The van der Waals surface area contributed by atoms with Crippen LogP contribution >= 0.6 is 11.6 Å². The predicted octanol–water partition coefficient (Wildman–Crippen LogP) is 5.19. The van der Waals surface area contributed by atoms with Crippen molar-refractivity contribution >= 4 is 29.3 Å². The average Bonchev–Trinajstić information content (AvgIpc) is 2.65. The summed E-state index contributed by atoms with van der Waals surface area (Å²) in [5.74, 6) is -0.676. The fourth-order valence-corrected chi connectivity index (χ4v) is 2.50. The minimum absolute atomic E-state index is 0.0833. The van der Waals surface area contributed by atoms with E-state index in [1.54, 1.807) is 32.0 Å². The quantitative estimate of drug-likeness (QED) is 0.507. The Morgan fingerprint density at radius 1 is 1.32 bits per heavy atom. The molecule has 0 saturated heterocycles. The van der Waals surface area contributed by atoms with Crippen LogP contribution in [0.1, 0.15) is 18.1 Å². The molecule has 0 aliphatic heterocycles. The van der Waals surface area contributed by atoms with Gasteiger partial charge in [-0.05, 0) is 55.3 Å². The number of rotatable bonds is 7. The molecule has 8 heteroatoms. The molecule has 2 rings (SSSR count). The maximum Gasteiger partial charge on any atom is 0.387 e. The van der Waals surface area contributed by atoms with Crippen LogP contribution < -0.4 is 14.8 Å². The summed E-state index contributed by atoms with van der Waals surface area (Å²) in [7, 11) is 0. The van der Waals surface area contributed by atoms with Crippen molar-refractivity contribution < 1.29 is 23.0 Å². The van der Waals surface area contributed by atoms with Gasteiger partial charge in [-0.1, -0.05) is 23.7 Å². The van der Waals surface area contributed by atoms with Gasteiger partial charge in [0.25, 0.3) is 5.91 Å². The molecule has 1 N–H and O–H groups in total. The fourth-order valence-electron chi connectivity index (χ4n) is 2.32. The van der Waals surface area contributed by atoms with E-state index in [4.69, 9.17) is 16.3 Å².